The average molecular weight is 251 g/mol. The highest BCUT2D eigenvalue weighted by molar-refractivity contribution is 7.91. The van der Waals surface area contributed by atoms with Crippen LogP contribution in [0.25, 0.3) is 0 Å². The van der Waals surface area contributed by atoms with Crippen LogP contribution >= 0.6 is 11.3 Å². The van der Waals surface area contributed by atoms with E-state index in [2.05, 4.69) is 14.4 Å². The van der Waals surface area contributed by atoms with Crippen molar-refractivity contribution >= 4 is 26.7 Å². The van der Waals surface area contributed by atoms with Gasteiger partial charge in [-0.1, -0.05) is 6.92 Å². The summed E-state index contributed by atoms with van der Waals surface area (Å²) in [5.74, 6) is 0. The number of aliphatic hydroxyl groups excluding tert-OH is 1. The summed E-state index contributed by atoms with van der Waals surface area (Å²) in [5, 5.41) is 11.0. The van der Waals surface area contributed by atoms with Crippen molar-refractivity contribution < 1.29 is 13.5 Å². The molecule has 1 aromatic rings. The Morgan fingerprint density at radius 1 is 1.67 bits per heavy atom. The highest BCUT2D eigenvalue weighted by Crippen LogP contribution is 2.20. The first-order valence-corrected chi connectivity index (χ1v) is 6.71. The molecule has 0 bridgehead atoms. The lowest BCUT2D eigenvalue weighted by Gasteiger charge is -2.04. The predicted octanol–water partition coefficient (Wildman–Crippen LogP) is 0.463. The van der Waals surface area contributed by atoms with Crippen LogP contribution in [-0.4, -0.2) is 25.1 Å². The smallest absolute Gasteiger partial charge is 0.300 e. The van der Waals surface area contributed by atoms with E-state index in [4.69, 9.17) is 0 Å². The zero-order chi connectivity index (χ0) is 11.5. The van der Waals surface area contributed by atoms with E-state index in [1.54, 1.807) is 19.2 Å². The summed E-state index contributed by atoms with van der Waals surface area (Å²) in [5.41, 5.74) is 0.453. The molecule has 1 heterocycles. The molecular weight excluding hydrogens is 238 g/mol. The van der Waals surface area contributed by atoms with Crippen LogP contribution < -0.4 is 9.44 Å². The third kappa shape index (κ3) is 3.74. The van der Waals surface area contributed by atoms with Crippen molar-refractivity contribution in [2.45, 2.75) is 20.0 Å². The molecule has 0 radical (unpaired) electrons. The van der Waals surface area contributed by atoms with Gasteiger partial charge in [0.25, 0.3) is 0 Å². The topological polar surface area (TPSA) is 91.3 Å². The number of anilines is 1. The van der Waals surface area contributed by atoms with Gasteiger partial charge < -0.3 is 5.11 Å². The Balaban J connectivity index is 2.73. The van der Waals surface area contributed by atoms with Gasteiger partial charge in [0.2, 0.25) is 0 Å². The van der Waals surface area contributed by atoms with Gasteiger partial charge in [-0.25, -0.2) is 9.71 Å². The summed E-state index contributed by atoms with van der Waals surface area (Å²) in [6.45, 7) is 3.56. The van der Waals surface area contributed by atoms with Crippen LogP contribution in [0.1, 0.15) is 25.6 Å². The van der Waals surface area contributed by atoms with Gasteiger partial charge >= 0.3 is 10.2 Å². The van der Waals surface area contributed by atoms with E-state index in [9.17, 15) is 13.5 Å². The van der Waals surface area contributed by atoms with Gasteiger partial charge in [0.15, 0.2) is 5.13 Å². The molecule has 0 saturated heterocycles. The lowest BCUT2D eigenvalue weighted by atomic mass is 10.3. The van der Waals surface area contributed by atoms with Gasteiger partial charge in [0.05, 0.1) is 11.8 Å². The van der Waals surface area contributed by atoms with Crippen LogP contribution in [0.15, 0.2) is 5.38 Å². The average Bonchev–Trinajstić information content (AvgIpc) is 2.51. The number of rotatable bonds is 5. The molecule has 8 heteroatoms. The minimum atomic E-state index is -3.53. The second kappa shape index (κ2) is 4.88. The number of aromatic nitrogens is 1. The molecular formula is C7H13N3O3S2. The molecule has 0 aliphatic rings. The zero-order valence-corrected chi connectivity index (χ0v) is 10.0. The molecule has 86 valence electrons. The highest BCUT2D eigenvalue weighted by atomic mass is 32.2. The van der Waals surface area contributed by atoms with E-state index in [1.165, 1.54) is 0 Å². The third-order valence-electron chi connectivity index (χ3n) is 1.51. The van der Waals surface area contributed by atoms with E-state index >= 15 is 0 Å². The maximum absolute atomic E-state index is 11.3. The monoisotopic (exact) mass is 251 g/mol. The SMILES string of the molecule is CCNS(=O)(=O)Nc1nc(C(C)O)cs1. The molecule has 3 N–H and O–H groups in total. The number of hydrogen-bond donors (Lipinski definition) is 3. The van der Waals surface area contributed by atoms with Crippen molar-refractivity contribution in [1.29, 1.82) is 0 Å². The maximum Gasteiger partial charge on any atom is 0.300 e. The van der Waals surface area contributed by atoms with E-state index < -0.39 is 16.3 Å². The lowest BCUT2D eigenvalue weighted by molar-refractivity contribution is 0.195. The van der Waals surface area contributed by atoms with E-state index in [0.717, 1.165) is 11.3 Å². The minimum Gasteiger partial charge on any atom is -0.387 e. The quantitative estimate of drug-likeness (QED) is 0.709. The summed E-state index contributed by atoms with van der Waals surface area (Å²) in [6.07, 6.45) is -0.696. The van der Waals surface area contributed by atoms with Crippen LogP contribution in [0.4, 0.5) is 5.13 Å². The fourth-order valence-electron chi connectivity index (χ4n) is 0.866. The van der Waals surface area contributed by atoms with Gasteiger partial charge in [-0.3, -0.25) is 0 Å². The predicted molar refractivity (Wildman–Crippen MR) is 59.0 cm³/mol. The molecule has 6 nitrogen and oxygen atoms in total. The molecule has 15 heavy (non-hydrogen) atoms. The first-order chi connectivity index (χ1) is 6.94. The van der Waals surface area contributed by atoms with Gasteiger partial charge in [-0.2, -0.15) is 13.1 Å². The summed E-state index contributed by atoms with van der Waals surface area (Å²) in [7, 11) is -3.53. The summed E-state index contributed by atoms with van der Waals surface area (Å²) in [6, 6.07) is 0. The Morgan fingerprint density at radius 2 is 2.33 bits per heavy atom. The van der Waals surface area contributed by atoms with Gasteiger partial charge in [-0.15, -0.1) is 11.3 Å². The van der Waals surface area contributed by atoms with Gasteiger partial charge in [-0.05, 0) is 6.92 Å². The van der Waals surface area contributed by atoms with Crippen LogP contribution in [0.5, 0.6) is 0 Å². The second-order valence-electron chi connectivity index (χ2n) is 2.86. The Bertz CT molecular complexity index is 413. The number of hydrogen-bond acceptors (Lipinski definition) is 5. The largest absolute Gasteiger partial charge is 0.387 e. The van der Waals surface area contributed by atoms with Crippen molar-refractivity contribution in [3.8, 4) is 0 Å². The molecule has 1 rings (SSSR count). The van der Waals surface area contributed by atoms with Crippen LogP contribution in [-0.2, 0) is 10.2 Å². The Hall–Kier alpha value is -0.700. The molecule has 1 atom stereocenters. The summed E-state index contributed by atoms with van der Waals surface area (Å²) < 4.78 is 27.0. The van der Waals surface area contributed by atoms with E-state index in [1.807, 2.05) is 0 Å². The number of nitrogens with zero attached hydrogens (tertiary/aromatic N) is 1. The van der Waals surface area contributed by atoms with E-state index in [0.29, 0.717) is 12.2 Å². The lowest BCUT2D eigenvalue weighted by Crippen LogP contribution is -2.29. The van der Waals surface area contributed by atoms with E-state index in [-0.39, 0.29) is 5.13 Å². The van der Waals surface area contributed by atoms with Crippen molar-refractivity contribution in [1.82, 2.24) is 9.71 Å². The molecule has 0 fully saturated rings. The molecule has 0 amide bonds. The normalized spacial score (nSPS) is 13.8. The zero-order valence-electron chi connectivity index (χ0n) is 8.39. The van der Waals surface area contributed by atoms with Crippen LogP contribution in [0, 0.1) is 0 Å². The van der Waals surface area contributed by atoms with Crippen LogP contribution in [0.3, 0.4) is 0 Å². The molecule has 0 saturated carbocycles. The fourth-order valence-corrected chi connectivity index (χ4v) is 2.76. The third-order valence-corrected chi connectivity index (χ3v) is 3.54. The number of thiazole rings is 1. The fraction of sp³-hybridized carbons (Fsp3) is 0.571. The summed E-state index contributed by atoms with van der Waals surface area (Å²) >= 11 is 1.13. The molecule has 0 aliphatic heterocycles. The van der Waals surface area contributed by atoms with Crippen molar-refractivity contribution in [3.05, 3.63) is 11.1 Å². The maximum atomic E-state index is 11.3. The number of nitrogens with one attached hydrogen (secondary N) is 2. The molecule has 0 spiro atoms. The Kier molecular flexibility index (Phi) is 4.03. The van der Waals surface area contributed by atoms with Crippen molar-refractivity contribution in [2.75, 3.05) is 11.3 Å². The Labute approximate surface area is 92.5 Å². The highest BCUT2D eigenvalue weighted by Gasteiger charge is 2.12. The standard InChI is InChI=1S/C7H13N3O3S2/c1-3-8-15(12,13)10-7-9-6(4-14-7)5(2)11/h4-5,8,11H,3H2,1-2H3,(H,9,10). The first kappa shape index (κ1) is 12.4. The molecule has 1 aromatic heterocycles. The van der Waals surface area contributed by atoms with Gasteiger partial charge in [0, 0.05) is 11.9 Å². The minimum absolute atomic E-state index is 0.242. The summed E-state index contributed by atoms with van der Waals surface area (Å²) in [4.78, 5) is 3.92. The second-order valence-corrected chi connectivity index (χ2v) is 5.21. The molecule has 1 unspecified atom stereocenters. The molecule has 0 aromatic carbocycles. The van der Waals surface area contributed by atoms with Crippen molar-refractivity contribution in [3.63, 3.8) is 0 Å². The van der Waals surface area contributed by atoms with Crippen LogP contribution in [0.2, 0.25) is 0 Å². The first-order valence-electron chi connectivity index (χ1n) is 4.35. The van der Waals surface area contributed by atoms with Gasteiger partial charge in [0.1, 0.15) is 0 Å². The number of aliphatic hydroxyl groups is 1. The van der Waals surface area contributed by atoms with Crippen molar-refractivity contribution in [2.24, 2.45) is 0 Å². The molecule has 0 aliphatic carbocycles. The Morgan fingerprint density at radius 3 is 2.80 bits per heavy atom.